The van der Waals surface area contributed by atoms with Gasteiger partial charge in [-0.05, 0) is 97.6 Å². The fourth-order valence-electron chi connectivity index (χ4n) is 8.72. The van der Waals surface area contributed by atoms with Gasteiger partial charge in [0, 0.05) is 5.41 Å². The largest absolute Gasteiger partial charge is 0.393 e. The van der Waals surface area contributed by atoms with Crippen molar-refractivity contribution in [2.75, 3.05) is 12.9 Å². The number of hydrogen-bond acceptors (Lipinski definition) is 7. The van der Waals surface area contributed by atoms with Gasteiger partial charge in [-0.1, -0.05) is 19.4 Å². The minimum atomic E-state index is -3.83. The molecular weight excluding hydrogens is 523 g/mol. The van der Waals surface area contributed by atoms with Crippen molar-refractivity contribution in [1.29, 1.82) is 0 Å². The number of aromatic nitrogens is 2. The quantitative estimate of drug-likeness (QED) is 0.540. The van der Waals surface area contributed by atoms with Gasteiger partial charge < -0.3 is 10.2 Å². The lowest BCUT2D eigenvalue weighted by Crippen LogP contribution is -2.62. The molecule has 1 heterocycles. The molecule has 7 atom stereocenters. The van der Waals surface area contributed by atoms with Gasteiger partial charge in [-0.15, -0.1) is 0 Å². The Labute approximate surface area is 228 Å². The van der Waals surface area contributed by atoms with Crippen LogP contribution in [0.5, 0.6) is 0 Å². The van der Waals surface area contributed by atoms with E-state index < -0.39 is 39.6 Å². The summed E-state index contributed by atoms with van der Waals surface area (Å²) in [6.07, 6.45) is 7.66. The molecular formula is C29H35FN2O6S. The zero-order chi connectivity index (χ0) is 28.0. The summed E-state index contributed by atoms with van der Waals surface area (Å²) in [6, 6.07) is 6.26. The van der Waals surface area contributed by atoms with E-state index in [0.717, 1.165) is 36.0 Å². The highest BCUT2D eigenvalue weighted by Crippen LogP contribution is 2.67. The Morgan fingerprint density at radius 1 is 1.23 bits per heavy atom. The van der Waals surface area contributed by atoms with Crippen LogP contribution in [0.3, 0.4) is 0 Å². The van der Waals surface area contributed by atoms with E-state index in [1.807, 2.05) is 17.8 Å². The third-order valence-corrected chi connectivity index (χ3v) is 11.1. The lowest BCUT2D eigenvalue weighted by molar-refractivity contribution is -0.180. The molecule has 4 aliphatic carbocycles. The molecule has 0 saturated heterocycles. The van der Waals surface area contributed by atoms with Crippen LogP contribution in [0.25, 0.3) is 11.8 Å². The van der Waals surface area contributed by atoms with Crippen molar-refractivity contribution in [2.45, 2.75) is 64.1 Å². The second-order valence-corrected chi connectivity index (χ2v) is 14.2. The summed E-state index contributed by atoms with van der Waals surface area (Å²) in [7, 11) is -3.83. The minimum Gasteiger partial charge on any atom is -0.393 e. The van der Waals surface area contributed by atoms with Gasteiger partial charge in [-0.25, -0.2) is 9.07 Å². The first-order chi connectivity index (χ1) is 18.3. The van der Waals surface area contributed by atoms with Crippen LogP contribution in [-0.2, 0) is 25.5 Å². The molecule has 8 nitrogen and oxygen atoms in total. The molecule has 39 heavy (non-hydrogen) atoms. The van der Waals surface area contributed by atoms with E-state index in [9.17, 15) is 27.8 Å². The molecule has 4 aliphatic rings. The van der Waals surface area contributed by atoms with Crippen LogP contribution < -0.4 is 0 Å². The molecule has 3 fully saturated rings. The van der Waals surface area contributed by atoms with E-state index in [1.165, 1.54) is 17.7 Å². The van der Waals surface area contributed by atoms with E-state index in [2.05, 4.69) is 18.1 Å². The number of hydrogen-bond donors (Lipinski definition) is 2. The summed E-state index contributed by atoms with van der Waals surface area (Å²) < 4.78 is 43.1. The smallest absolute Gasteiger partial charge is 0.264 e. The standard InChI is InChI=1S/C29H35FN2O6S/c1-27-13-17-15-31-32(20-7-5-19(30)6-8-20)23(17)12-18(27)4-9-21-22-10-11-29(35,25(34)16-38-39(3,36)37)28(22,2)14-24(33)26(21)27/h5-8,12,15,21-22,24,26,33,35H,4,9-11,13-14,16H2,1-3H3. The highest BCUT2D eigenvalue weighted by atomic mass is 32.2. The lowest BCUT2D eigenvalue weighted by Gasteiger charge is -2.60. The Hall–Kier alpha value is -2.40. The second-order valence-electron chi connectivity index (χ2n) is 12.5. The molecule has 1 aromatic heterocycles. The van der Waals surface area contributed by atoms with Crippen molar-refractivity contribution in [1.82, 2.24) is 9.78 Å². The third kappa shape index (κ3) is 3.97. The van der Waals surface area contributed by atoms with E-state index >= 15 is 0 Å². The van der Waals surface area contributed by atoms with E-state index in [-0.39, 0.29) is 41.8 Å². The topological polar surface area (TPSA) is 119 Å². The summed E-state index contributed by atoms with van der Waals surface area (Å²) >= 11 is 0. The number of carbonyl (C=O) groups excluding carboxylic acids is 1. The predicted molar refractivity (Wildman–Crippen MR) is 142 cm³/mol. The summed E-state index contributed by atoms with van der Waals surface area (Å²) in [5.74, 6) is -0.873. The SMILES string of the molecule is CC12Cc3cnn(-c4ccc(F)cc4)c3C=C1CCC1C2C(O)CC2(C)C1CCC2(O)C(=O)COS(C)(=O)=O. The van der Waals surface area contributed by atoms with Crippen molar-refractivity contribution >= 4 is 22.0 Å². The second kappa shape index (κ2) is 8.80. The number of nitrogens with zero attached hydrogens (tertiary/aromatic N) is 2. The molecule has 2 aromatic rings. The maximum atomic E-state index is 13.5. The maximum Gasteiger partial charge on any atom is 0.264 e. The number of allylic oxidation sites excluding steroid dienone is 1. The first-order valence-electron chi connectivity index (χ1n) is 13.6. The van der Waals surface area contributed by atoms with Crippen molar-refractivity contribution in [3.8, 4) is 5.69 Å². The Morgan fingerprint density at radius 3 is 2.64 bits per heavy atom. The molecule has 10 heteroatoms. The monoisotopic (exact) mass is 558 g/mol. The summed E-state index contributed by atoms with van der Waals surface area (Å²) in [4.78, 5) is 13.1. The molecule has 0 radical (unpaired) electrons. The number of halogens is 1. The molecule has 0 spiro atoms. The highest BCUT2D eigenvalue weighted by Gasteiger charge is 2.68. The Kier molecular flexibility index (Phi) is 6.05. The normalized spacial score (nSPS) is 37.3. The lowest BCUT2D eigenvalue weighted by atomic mass is 9.45. The number of carbonyl (C=O) groups is 1. The molecule has 210 valence electrons. The zero-order valence-corrected chi connectivity index (χ0v) is 23.2. The van der Waals surface area contributed by atoms with Gasteiger partial charge >= 0.3 is 0 Å². The number of ketones is 1. The summed E-state index contributed by atoms with van der Waals surface area (Å²) in [6.45, 7) is 3.39. The first-order valence-corrected chi connectivity index (χ1v) is 15.4. The molecule has 0 bridgehead atoms. The maximum absolute atomic E-state index is 13.5. The van der Waals surface area contributed by atoms with Gasteiger partial charge in [0.2, 0.25) is 0 Å². The van der Waals surface area contributed by atoms with Gasteiger partial charge in [0.15, 0.2) is 5.78 Å². The van der Waals surface area contributed by atoms with Crippen molar-refractivity contribution < 1.29 is 32.0 Å². The number of benzene rings is 1. The summed E-state index contributed by atoms with van der Waals surface area (Å²) in [5, 5.41) is 28.0. The number of aliphatic hydroxyl groups is 2. The van der Waals surface area contributed by atoms with E-state index in [1.54, 1.807) is 12.1 Å². The molecule has 3 saturated carbocycles. The molecule has 6 rings (SSSR count). The number of aliphatic hydroxyl groups excluding tert-OH is 1. The van der Waals surface area contributed by atoms with Gasteiger partial charge in [0.1, 0.15) is 18.0 Å². The molecule has 1 aromatic carbocycles. The van der Waals surface area contributed by atoms with E-state index in [4.69, 9.17) is 4.18 Å². The van der Waals surface area contributed by atoms with Crippen molar-refractivity contribution in [3.05, 3.63) is 53.1 Å². The molecule has 0 amide bonds. The molecule has 7 unspecified atom stereocenters. The van der Waals surface area contributed by atoms with Crippen LogP contribution >= 0.6 is 0 Å². The number of fused-ring (bicyclic) bond motifs is 6. The average Bonchev–Trinajstić information content (AvgIpc) is 3.38. The Balaban J connectivity index is 1.31. The average molecular weight is 559 g/mol. The van der Waals surface area contributed by atoms with Crippen molar-refractivity contribution in [3.63, 3.8) is 0 Å². The predicted octanol–water partition coefficient (Wildman–Crippen LogP) is 3.44. The van der Waals surface area contributed by atoms with Crippen LogP contribution in [0.4, 0.5) is 4.39 Å². The van der Waals surface area contributed by atoms with E-state index in [0.29, 0.717) is 12.8 Å². The Bertz CT molecular complexity index is 1470. The number of Topliss-reactive ketones (excluding diaryl/α,β-unsaturated/α-hetero) is 1. The van der Waals surface area contributed by atoms with Gasteiger partial charge in [0.25, 0.3) is 10.1 Å². The van der Waals surface area contributed by atoms with Crippen LogP contribution in [0.2, 0.25) is 0 Å². The van der Waals surface area contributed by atoms with Crippen LogP contribution in [-0.4, -0.2) is 58.8 Å². The first kappa shape index (κ1) is 26.8. The fraction of sp³-hybridized carbons (Fsp3) is 0.586. The number of rotatable bonds is 5. The third-order valence-electron chi connectivity index (χ3n) is 10.5. The molecule has 2 N–H and O–H groups in total. The van der Waals surface area contributed by atoms with Crippen molar-refractivity contribution in [2.24, 2.45) is 28.6 Å². The summed E-state index contributed by atoms with van der Waals surface area (Å²) in [5.41, 5.74) is 1.16. The zero-order valence-electron chi connectivity index (χ0n) is 22.4. The van der Waals surface area contributed by atoms with Crippen LogP contribution in [0.1, 0.15) is 57.2 Å². The molecule has 0 aliphatic heterocycles. The Morgan fingerprint density at radius 2 is 1.95 bits per heavy atom. The minimum absolute atomic E-state index is 0.0137. The van der Waals surface area contributed by atoms with Gasteiger partial charge in [-0.2, -0.15) is 13.5 Å². The highest BCUT2D eigenvalue weighted by molar-refractivity contribution is 7.86. The fourth-order valence-corrected chi connectivity index (χ4v) is 9.04. The van der Waals surface area contributed by atoms with Gasteiger partial charge in [-0.3, -0.25) is 8.98 Å². The van der Waals surface area contributed by atoms with Crippen LogP contribution in [0.15, 0.2) is 36.0 Å². The van der Waals surface area contributed by atoms with Gasteiger partial charge in [0.05, 0.1) is 29.9 Å². The van der Waals surface area contributed by atoms with Crippen LogP contribution in [0, 0.1) is 34.4 Å².